The summed E-state index contributed by atoms with van der Waals surface area (Å²) >= 11 is 0. The van der Waals surface area contributed by atoms with Crippen molar-refractivity contribution in [3.8, 4) is 0 Å². The van der Waals surface area contributed by atoms with E-state index in [2.05, 4.69) is 46.7 Å². The van der Waals surface area contributed by atoms with Gasteiger partial charge in [0.1, 0.15) is 0 Å². The van der Waals surface area contributed by atoms with E-state index < -0.39 is 0 Å². The first kappa shape index (κ1) is 14.6. The maximum absolute atomic E-state index is 12.4. The summed E-state index contributed by atoms with van der Waals surface area (Å²) < 4.78 is 0. The SMILES string of the molecule is CCC1(c2ccccc2)CN(C(=O)NC(C)c2cn[nH]c2)C1. The molecular formula is C17H22N4O. The number of rotatable bonds is 4. The van der Waals surface area contributed by atoms with Gasteiger partial charge in [-0.3, -0.25) is 5.10 Å². The Bertz CT molecular complexity index is 617. The van der Waals surface area contributed by atoms with E-state index in [0.717, 1.165) is 25.1 Å². The zero-order valence-electron chi connectivity index (χ0n) is 13.0. The highest BCUT2D eigenvalue weighted by Gasteiger charge is 2.45. The van der Waals surface area contributed by atoms with Gasteiger partial charge in [-0.05, 0) is 18.9 Å². The van der Waals surface area contributed by atoms with Crippen molar-refractivity contribution in [2.45, 2.75) is 31.7 Å². The van der Waals surface area contributed by atoms with Crippen molar-refractivity contribution in [1.29, 1.82) is 0 Å². The van der Waals surface area contributed by atoms with E-state index in [-0.39, 0.29) is 17.5 Å². The highest BCUT2D eigenvalue weighted by molar-refractivity contribution is 5.76. The molecule has 1 aliphatic heterocycles. The molecule has 0 radical (unpaired) electrons. The predicted molar refractivity (Wildman–Crippen MR) is 85.5 cm³/mol. The van der Waals surface area contributed by atoms with Crippen molar-refractivity contribution in [2.24, 2.45) is 0 Å². The molecule has 0 aliphatic carbocycles. The molecule has 1 fully saturated rings. The highest BCUT2D eigenvalue weighted by atomic mass is 16.2. The number of hydrogen-bond acceptors (Lipinski definition) is 2. The summed E-state index contributed by atoms with van der Waals surface area (Å²) in [5, 5.41) is 9.71. The number of aromatic nitrogens is 2. The number of H-pyrrole nitrogens is 1. The predicted octanol–water partition coefficient (Wildman–Crippen LogP) is 2.84. The highest BCUT2D eigenvalue weighted by Crippen LogP contribution is 2.37. The lowest BCUT2D eigenvalue weighted by atomic mass is 9.72. The first-order valence-electron chi connectivity index (χ1n) is 7.74. The van der Waals surface area contributed by atoms with Crippen LogP contribution in [-0.2, 0) is 5.41 Å². The van der Waals surface area contributed by atoms with E-state index in [4.69, 9.17) is 0 Å². The largest absolute Gasteiger partial charge is 0.331 e. The number of hydrogen-bond donors (Lipinski definition) is 2. The van der Waals surface area contributed by atoms with Gasteiger partial charge in [0, 0.05) is 30.3 Å². The third kappa shape index (κ3) is 2.58. The molecule has 0 saturated carbocycles. The summed E-state index contributed by atoms with van der Waals surface area (Å²) in [6, 6.07) is 10.4. The van der Waals surface area contributed by atoms with Gasteiger partial charge in [0.15, 0.2) is 0 Å². The smallest absolute Gasteiger partial charge is 0.317 e. The first-order chi connectivity index (χ1) is 10.6. The minimum atomic E-state index is -0.0420. The Labute approximate surface area is 130 Å². The Hall–Kier alpha value is -2.30. The molecular weight excluding hydrogens is 276 g/mol. The molecule has 1 saturated heterocycles. The van der Waals surface area contributed by atoms with Crippen LogP contribution in [0.15, 0.2) is 42.7 Å². The van der Waals surface area contributed by atoms with Crippen LogP contribution in [0.25, 0.3) is 0 Å². The van der Waals surface area contributed by atoms with Gasteiger partial charge in [-0.15, -0.1) is 0 Å². The standard InChI is InChI=1S/C17H22N4O/c1-3-17(15-7-5-4-6-8-15)11-21(12-17)16(22)20-13(2)14-9-18-19-10-14/h4-10,13H,3,11-12H2,1-2H3,(H,18,19)(H,20,22). The van der Waals surface area contributed by atoms with E-state index in [1.54, 1.807) is 12.4 Å². The zero-order valence-corrected chi connectivity index (χ0v) is 13.0. The number of amides is 2. The van der Waals surface area contributed by atoms with Gasteiger partial charge in [0.2, 0.25) is 0 Å². The van der Waals surface area contributed by atoms with Gasteiger partial charge < -0.3 is 10.2 Å². The lowest BCUT2D eigenvalue weighted by molar-refractivity contribution is 0.0870. The second kappa shape index (κ2) is 5.83. The average molecular weight is 298 g/mol. The first-order valence-corrected chi connectivity index (χ1v) is 7.74. The fraction of sp³-hybridized carbons (Fsp3) is 0.412. The number of likely N-dealkylation sites (tertiary alicyclic amines) is 1. The topological polar surface area (TPSA) is 61.0 Å². The number of carbonyl (C=O) groups excluding carboxylic acids is 1. The molecule has 0 bridgehead atoms. The van der Waals surface area contributed by atoms with Crippen molar-refractivity contribution in [1.82, 2.24) is 20.4 Å². The van der Waals surface area contributed by atoms with Gasteiger partial charge in [-0.25, -0.2) is 4.79 Å². The number of nitrogens with one attached hydrogen (secondary N) is 2. The van der Waals surface area contributed by atoms with Crippen LogP contribution in [0.4, 0.5) is 4.79 Å². The van der Waals surface area contributed by atoms with Crippen molar-refractivity contribution >= 4 is 6.03 Å². The van der Waals surface area contributed by atoms with Crippen LogP contribution in [0.1, 0.15) is 37.4 Å². The minimum absolute atomic E-state index is 0.00583. The Morgan fingerprint density at radius 2 is 2.14 bits per heavy atom. The van der Waals surface area contributed by atoms with Gasteiger partial charge in [0.25, 0.3) is 0 Å². The molecule has 2 aromatic rings. The van der Waals surface area contributed by atoms with Gasteiger partial charge in [-0.1, -0.05) is 37.3 Å². The number of carbonyl (C=O) groups is 1. The van der Waals surface area contributed by atoms with E-state index in [1.807, 2.05) is 17.9 Å². The summed E-state index contributed by atoms with van der Waals surface area (Å²) in [4.78, 5) is 14.2. The number of benzene rings is 1. The third-order valence-corrected chi connectivity index (χ3v) is 4.70. The third-order valence-electron chi connectivity index (χ3n) is 4.70. The molecule has 2 amide bonds. The molecule has 1 aromatic heterocycles. The van der Waals surface area contributed by atoms with Crippen molar-refractivity contribution in [3.05, 3.63) is 53.9 Å². The fourth-order valence-corrected chi connectivity index (χ4v) is 3.09. The molecule has 3 rings (SSSR count). The maximum Gasteiger partial charge on any atom is 0.317 e. The summed E-state index contributed by atoms with van der Waals surface area (Å²) in [6.07, 6.45) is 4.58. The molecule has 1 unspecified atom stereocenters. The van der Waals surface area contributed by atoms with Crippen LogP contribution in [0.2, 0.25) is 0 Å². The van der Waals surface area contributed by atoms with E-state index in [1.165, 1.54) is 5.56 Å². The monoisotopic (exact) mass is 298 g/mol. The molecule has 22 heavy (non-hydrogen) atoms. The zero-order chi connectivity index (χ0) is 15.6. The van der Waals surface area contributed by atoms with Crippen LogP contribution in [0.5, 0.6) is 0 Å². The average Bonchev–Trinajstić information content (AvgIpc) is 3.02. The molecule has 5 nitrogen and oxygen atoms in total. The van der Waals surface area contributed by atoms with Crippen molar-refractivity contribution < 1.29 is 4.79 Å². The number of urea groups is 1. The molecule has 2 heterocycles. The Kier molecular flexibility index (Phi) is 3.88. The molecule has 116 valence electrons. The van der Waals surface area contributed by atoms with Crippen LogP contribution < -0.4 is 5.32 Å². The summed E-state index contributed by atoms with van der Waals surface area (Å²) in [5.74, 6) is 0. The minimum Gasteiger partial charge on any atom is -0.331 e. The van der Waals surface area contributed by atoms with Crippen LogP contribution in [0, 0.1) is 0 Å². The lowest BCUT2D eigenvalue weighted by Crippen LogP contribution is -2.63. The van der Waals surface area contributed by atoms with Crippen LogP contribution in [0.3, 0.4) is 0 Å². The van der Waals surface area contributed by atoms with Gasteiger partial charge >= 0.3 is 6.03 Å². The van der Waals surface area contributed by atoms with E-state index >= 15 is 0 Å². The molecule has 1 atom stereocenters. The maximum atomic E-state index is 12.4. The molecule has 1 aromatic carbocycles. The molecule has 1 aliphatic rings. The van der Waals surface area contributed by atoms with Gasteiger partial charge in [0.05, 0.1) is 12.2 Å². The Balaban J connectivity index is 1.61. The second-order valence-electron chi connectivity index (χ2n) is 6.06. The Morgan fingerprint density at radius 3 is 2.73 bits per heavy atom. The number of nitrogens with zero attached hydrogens (tertiary/aromatic N) is 2. The summed E-state index contributed by atoms with van der Waals surface area (Å²) in [5.41, 5.74) is 2.42. The van der Waals surface area contributed by atoms with Crippen LogP contribution >= 0.6 is 0 Å². The fourth-order valence-electron chi connectivity index (χ4n) is 3.09. The quantitative estimate of drug-likeness (QED) is 0.911. The molecule has 5 heteroatoms. The van der Waals surface area contributed by atoms with Crippen LogP contribution in [-0.4, -0.2) is 34.2 Å². The van der Waals surface area contributed by atoms with E-state index in [9.17, 15) is 4.79 Å². The van der Waals surface area contributed by atoms with Crippen molar-refractivity contribution in [2.75, 3.05) is 13.1 Å². The summed E-state index contributed by atoms with van der Waals surface area (Å²) in [7, 11) is 0. The van der Waals surface area contributed by atoms with E-state index in [0.29, 0.717) is 0 Å². The second-order valence-corrected chi connectivity index (χ2v) is 6.06. The number of aromatic amines is 1. The molecule has 0 spiro atoms. The van der Waals surface area contributed by atoms with Gasteiger partial charge in [-0.2, -0.15) is 5.10 Å². The normalized spacial score (nSPS) is 17.6. The summed E-state index contributed by atoms with van der Waals surface area (Å²) in [6.45, 7) is 5.71. The van der Waals surface area contributed by atoms with Crippen molar-refractivity contribution in [3.63, 3.8) is 0 Å². The Morgan fingerprint density at radius 1 is 1.41 bits per heavy atom. The molecule has 2 N–H and O–H groups in total. The lowest BCUT2D eigenvalue weighted by Gasteiger charge is -2.50.